The highest BCUT2D eigenvalue weighted by Crippen LogP contribution is 2.23. The molecule has 0 bridgehead atoms. The third-order valence-electron chi connectivity index (χ3n) is 6.02. The normalized spacial score (nSPS) is 13.9. The lowest BCUT2D eigenvalue weighted by Gasteiger charge is -2.33. The lowest BCUT2D eigenvalue weighted by molar-refractivity contribution is -0.142. The number of methoxy groups -OCH3 is 1. The zero-order chi connectivity index (χ0) is 26.5. The van der Waals surface area contributed by atoms with Crippen molar-refractivity contribution < 1.29 is 23.9 Å². The average Bonchev–Trinajstić information content (AvgIpc) is 3.08. The van der Waals surface area contributed by atoms with E-state index in [1.54, 1.807) is 36.3 Å². The van der Waals surface area contributed by atoms with E-state index in [-0.39, 0.29) is 43.1 Å². The van der Waals surface area contributed by atoms with Crippen LogP contribution in [0.3, 0.4) is 0 Å². The fourth-order valence-corrected chi connectivity index (χ4v) is 4.31. The summed E-state index contributed by atoms with van der Waals surface area (Å²) in [6, 6.07) is 13.4. The minimum Gasteiger partial charge on any atom is -0.497 e. The molecule has 0 aromatic heterocycles. The molecule has 1 unspecified atom stereocenters. The molecule has 1 N–H and O–H groups in total. The van der Waals surface area contributed by atoms with Crippen LogP contribution in [0.4, 0.5) is 0 Å². The number of nitrogens with one attached hydrogen (secondary N) is 1. The van der Waals surface area contributed by atoms with Gasteiger partial charge in [-0.05, 0) is 63.4 Å². The summed E-state index contributed by atoms with van der Waals surface area (Å²) in [5, 5.41) is 2.98. The number of carbonyl (C=O) groups is 4. The number of fused-ring (bicyclic) bond motifs is 1. The van der Waals surface area contributed by atoms with Crippen LogP contribution in [0.2, 0.25) is 0 Å². The molecule has 0 aliphatic carbocycles. The van der Waals surface area contributed by atoms with Crippen molar-refractivity contribution in [2.75, 3.05) is 13.7 Å². The Morgan fingerprint density at radius 2 is 1.67 bits per heavy atom. The van der Waals surface area contributed by atoms with Gasteiger partial charge in [0.15, 0.2) is 0 Å². The smallest absolute Gasteiger partial charge is 0.261 e. The van der Waals surface area contributed by atoms with Gasteiger partial charge in [-0.15, -0.1) is 0 Å². The maximum absolute atomic E-state index is 13.5. The first kappa shape index (κ1) is 26.9. The van der Waals surface area contributed by atoms with E-state index < -0.39 is 11.6 Å². The second-order valence-electron chi connectivity index (χ2n) is 9.95. The molecule has 1 atom stereocenters. The lowest BCUT2D eigenvalue weighted by Crippen LogP contribution is -2.53. The molecule has 36 heavy (non-hydrogen) atoms. The van der Waals surface area contributed by atoms with Crippen LogP contribution in [-0.2, 0) is 16.1 Å². The van der Waals surface area contributed by atoms with Gasteiger partial charge < -0.3 is 15.0 Å². The predicted molar refractivity (Wildman–Crippen MR) is 137 cm³/mol. The Labute approximate surface area is 212 Å². The summed E-state index contributed by atoms with van der Waals surface area (Å²) < 4.78 is 5.31. The second kappa shape index (κ2) is 11.4. The van der Waals surface area contributed by atoms with Gasteiger partial charge in [0, 0.05) is 25.0 Å². The van der Waals surface area contributed by atoms with E-state index in [9.17, 15) is 19.2 Å². The highest BCUT2D eigenvalue weighted by atomic mass is 16.5. The molecule has 0 radical (unpaired) electrons. The first-order valence-electron chi connectivity index (χ1n) is 12.3. The summed E-state index contributed by atoms with van der Waals surface area (Å²) >= 11 is 0. The van der Waals surface area contributed by atoms with Crippen molar-refractivity contribution >= 4 is 23.6 Å². The predicted octanol–water partition coefficient (Wildman–Crippen LogP) is 3.79. The van der Waals surface area contributed by atoms with Crippen molar-refractivity contribution in [3.05, 3.63) is 65.2 Å². The number of rotatable bonds is 10. The average molecular weight is 494 g/mol. The number of nitrogens with zero attached hydrogens (tertiary/aromatic N) is 2. The Hall–Kier alpha value is -3.68. The van der Waals surface area contributed by atoms with Crippen LogP contribution in [0.25, 0.3) is 0 Å². The van der Waals surface area contributed by atoms with Gasteiger partial charge in [0.25, 0.3) is 11.8 Å². The topological polar surface area (TPSA) is 96.0 Å². The molecule has 0 spiro atoms. The Kier molecular flexibility index (Phi) is 8.50. The van der Waals surface area contributed by atoms with Crippen LogP contribution >= 0.6 is 0 Å². The van der Waals surface area contributed by atoms with Gasteiger partial charge in [0.2, 0.25) is 11.8 Å². The molecule has 0 saturated heterocycles. The molecule has 192 valence electrons. The van der Waals surface area contributed by atoms with Gasteiger partial charge in [-0.2, -0.15) is 0 Å². The summed E-state index contributed by atoms with van der Waals surface area (Å²) in [4.78, 5) is 54.6. The highest BCUT2D eigenvalue weighted by molar-refractivity contribution is 6.21. The maximum Gasteiger partial charge on any atom is 0.261 e. The van der Waals surface area contributed by atoms with E-state index in [4.69, 9.17) is 4.74 Å². The van der Waals surface area contributed by atoms with E-state index in [1.807, 2.05) is 52.0 Å². The monoisotopic (exact) mass is 493 g/mol. The van der Waals surface area contributed by atoms with Crippen LogP contribution in [0, 0.1) is 0 Å². The van der Waals surface area contributed by atoms with E-state index in [1.165, 1.54) is 4.90 Å². The highest BCUT2D eigenvalue weighted by Gasteiger charge is 2.35. The SMILES string of the molecule is CCC(C(=O)NC(C)(C)C)N(Cc1cccc(OC)c1)C(=O)CCCN1C(=O)c2ccccc2C1=O. The van der Waals surface area contributed by atoms with Crippen LogP contribution < -0.4 is 10.1 Å². The van der Waals surface area contributed by atoms with Gasteiger partial charge in [-0.25, -0.2) is 0 Å². The Morgan fingerprint density at radius 3 is 2.22 bits per heavy atom. The minimum absolute atomic E-state index is 0.0939. The summed E-state index contributed by atoms with van der Waals surface area (Å²) in [6.45, 7) is 7.93. The van der Waals surface area contributed by atoms with Crippen LogP contribution in [-0.4, -0.2) is 58.7 Å². The number of hydrogen-bond donors (Lipinski definition) is 1. The molecule has 0 saturated carbocycles. The first-order chi connectivity index (χ1) is 17.1. The zero-order valence-electron chi connectivity index (χ0n) is 21.7. The molecule has 0 fully saturated rings. The largest absolute Gasteiger partial charge is 0.497 e. The molecule has 2 aromatic carbocycles. The summed E-state index contributed by atoms with van der Waals surface area (Å²) in [5.74, 6) is -0.454. The van der Waals surface area contributed by atoms with Gasteiger partial charge in [0.1, 0.15) is 11.8 Å². The third kappa shape index (κ3) is 6.30. The molecular weight excluding hydrogens is 458 g/mol. The lowest BCUT2D eigenvalue weighted by atomic mass is 10.0. The fourth-order valence-electron chi connectivity index (χ4n) is 4.31. The summed E-state index contributed by atoms with van der Waals surface area (Å²) in [6.07, 6.45) is 0.836. The molecule has 1 aliphatic rings. The van der Waals surface area contributed by atoms with Crippen molar-refractivity contribution in [1.29, 1.82) is 0 Å². The van der Waals surface area contributed by atoms with E-state index in [2.05, 4.69) is 5.32 Å². The van der Waals surface area contributed by atoms with Gasteiger partial charge in [-0.3, -0.25) is 24.1 Å². The molecule has 2 aromatic rings. The fraction of sp³-hybridized carbons (Fsp3) is 0.429. The van der Waals surface area contributed by atoms with Crippen molar-refractivity contribution in [2.24, 2.45) is 0 Å². The number of imide groups is 1. The third-order valence-corrected chi connectivity index (χ3v) is 6.02. The van der Waals surface area contributed by atoms with Gasteiger partial charge in [-0.1, -0.05) is 31.2 Å². The molecule has 8 heteroatoms. The van der Waals surface area contributed by atoms with Crippen LogP contribution in [0.1, 0.15) is 73.2 Å². The first-order valence-corrected chi connectivity index (χ1v) is 12.3. The maximum atomic E-state index is 13.5. The number of benzene rings is 2. The standard InChI is InChI=1S/C28H35N3O5/c1-6-23(25(33)29-28(2,3)4)31(18-19-11-9-12-20(17-19)36-5)24(32)15-10-16-30-26(34)21-13-7-8-14-22(21)27(30)35/h7-9,11-14,17,23H,6,10,15-16,18H2,1-5H3,(H,29,33). The Bertz CT molecular complexity index is 1100. The molecule has 1 aliphatic heterocycles. The van der Waals surface area contributed by atoms with Crippen molar-refractivity contribution in [3.63, 3.8) is 0 Å². The summed E-state index contributed by atoms with van der Waals surface area (Å²) in [7, 11) is 1.58. The van der Waals surface area contributed by atoms with E-state index in [0.717, 1.165) is 5.56 Å². The molecule has 8 nitrogen and oxygen atoms in total. The number of hydrogen-bond acceptors (Lipinski definition) is 5. The van der Waals surface area contributed by atoms with E-state index in [0.29, 0.717) is 29.7 Å². The Morgan fingerprint density at radius 1 is 1.03 bits per heavy atom. The molecule has 4 amide bonds. The number of carbonyl (C=O) groups excluding carboxylic acids is 4. The van der Waals surface area contributed by atoms with Crippen LogP contribution in [0.5, 0.6) is 5.75 Å². The van der Waals surface area contributed by atoms with E-state index >= 15 is 0 Å². The van der Waals surface area contributed by atoms with Crippen molar-refractivity contribution in [3.8, 4) is 5.75 Å². The van der Waals surface area contributed by atoms with Gasteiger partial charge in [0.05, 0.1) is 18.2 Å². The second-order valence-corrected chi connectivity index (χ2v) is 9.95. The van der Waals surface area contributed by atoms with Crippen molar-refractivity contribution in [1.82, 2.24) is 15.1 Å². The van der Waals surface area contributed by atoms with Crippen molar-refractivity contribution in [2.45, 2.75) is 65.1 Å². The van der Waals surface area contributed by atoms with Gasteiger partial charge >= 0.3 is 0 Å². The minimum atomic E-state index is -0.665. The Balaban J connectivity index is 1.74. The summed E-state index contributed by atoms with van der Waals surface area (Å²) in [5.41, 5.74) is 1.17. The number of amides is 4. The number of ether oxygens (including phenoxy) is 1. The molecule has 1 heterocycles. The molecular formula is C28H35N3O5. The quantitative estimate of drug-likeness (QED) is 0.508. The zero-order valence-corrected chi connectivity index (χ0v) is 21.7. The molecule has 3 rings (SSSR count). The van der Waals surface area contributed by atoms with Crippen LogP contribution in [0.15, 0.2) is 48.5 Å².